The van der Waals surface area contributed by atoms with Crippen molar-refractivity contribution in [1.82, 2.24) is 9.71 Å². The van der Waals surface area contributed by atoms with Gasteiger partial charge in [0.1, 0.15) is 5.75 Å². The van der Waals surface area contributed by atoms with Gasteiger partial charge in [-0.1, -0.05) is 6.07 Å². The van der Waals surface area contributed by atoms with Crippen LogP contribution in [0.25, 0.3) is 0 Å². The number of benzene rings is 1. The van der Waals surface area contributed by atoms with E-state index < -0.39 is 15.9 Å². The van der Waals surface area contributed by atoms with Crippen molar-refractivity contribution in [3.05, 3.63) is 53.3 Å². The van der Waals surface area contributed by atoms with Crippen LogP contribution in [0.5, 0.6) is 5.75 Å². The van der Waals surface area contributed by atoms with Gasteiger partial charge in [0.15, 0.2) is 0 Å². The molecule has 0 unspecified atom stereocenters. The molecule has 0 aliphatic heterocycles. The minimum atomic E-state index is -3.80. The molecule has 1 aromatic heterocycles. The molecule has 1 heterocycles. The molecule has 0 radical (unpaired) electrons. The van der Waals surface area contributed by atoms with E-state index in [4.69, 9.17) is 10.5 Å². The van der Waals surface area contributed by atoms with E-state index in [0.29, 0.717) is 5.92 Å². The third kappa shape index (κ3) is 3.97. The van der Waals surface area contributed by atoms with Crippen molar-refractivity contribution in [1.29, 1.82) is 0 Å². The van der Waals surface area contributed by atoms with Crippen LogP contribution in [0.4, 0.5) is 0 Å². The maximum Gasteiger partial charge on any atom is 0.252 e. The van der Waals surface area contributed by atoms with Crippen molar-refractivity contribution in [3.8, 4) is 5.75 Å². The molecule has 1 aromatic carbocycles. The number of nitrogens with one attached hydrogen (secondary N) is 1. The Balaban J connectivity index is 1.78. The quantitative estimate of drug-likeness (QED) is 0.777. The zero-order chi connectivity index (χ0) is 18.0. The second kappa shape index (κ2) is 6.81. The first-order valence-corrected chi connectivity index (χ1v) is 9.30. The van der Waals surface area contributed by atoms with E-state index in [9.17, 15) is 13.2 Å². The lowest BCUT2D eigenvalue weighted by molar-refractivity contribution is 0.0997. The third-order valence-corrected chi connectivity index (χ3v) is 5.48. The largest absolute Gasteiger partial charge is 0.496 e. The van der Waals surface area contributed by atoms with Gasteiger partial charge in [-0.3, -0.25) is 9.78 Å². The normalized spacial score (nSPS) is 14.3. The molecular weight excluding hydrogens is 342 g/mol. The number of hydrogen-bond acceptors (Lipinski definition) is 5. The van der Waals surface area contributed by atoms with Crippen LogP contribution >= 0.6 is 0 Å². The summed E-state index contributed by atoms with van der Waals surface area (Å²) >= 11 is 0. The number of hydrogen-bond donors (Lipinski definition) is 2. The van der Waals surface area contributed by atoms with Crippen molar-refractivity contribution in [2.24, 2.45) is 5.73 Å². The maximum absolute atomic E-state index is 12.5. The van der Waals surface area contributed by atoms with E-state index in [2.05, 4.69) is 9.71 Å². The number of aromatic nitrogens is 1. The number of carbonyl (C=O) groups excluding carboxylic acids is 1. The van der Waals surface area contributed by atoms with Gasteiger partial charge in [-0.25, -0.2) is 13.1 Å². The van der Waals surface area contributed by atoms with Crippen molar-refractivity contribution >= 4 is 15.9 Å². The van der Waals surface area contributed by atoms with Crippen molar-refractivity contribution in [3.63, 3.8) is 0 Å². The highest BCUT2D eigenvalue weighted by Gasteiger charge is 2.24. The van der Waals surface area contributed by atoms with Crippen molar-refractivity contribution in [2.75, 3.05) is 7.11 Å². The summed E-state index contributed by atoms with van der Waals surface area (Å²) in [6.45, 7) is 0.119. The van der Waals surface area contributed by atoms with E-state index in [1.165, 1.54) is 25.3 Å². The van der Waals surface area contributed by atoms with E-state index in [0.717, 1.165) is 24.0 Å². The number of nitrogens with zero attached hydrogens (tertiary/aromatic N) is 1. The zero-order valence-electron chi connectivity index (χ0n) is 13.7. The Morgan fingerprint density at radius 2 is 2.08 bits per heavy atom. The number of nitrogens with two attached hydrogens (primary N) is 1. The fraction of sp³-hybridized carbons (Fsp3) is 0.294. The Hall–Kier alpha value is -2.45. The number of rotatable bonds is 7. The topological polar surface area (TPSA) is 111 Å². The molecular formula is C17H19N3O4S. The number of carbonyl (C=O) groups is 1. The minimum Gasteiger partial charge on any atom is -0.496 e. The summed E-state index contributed by atoms with van der Waals surface area (Å²) in [5.74, 6) is 0.0202. The van der Waals surface area contributed by atoms with Gasteiger partial charge in [-0.05, 0) is 48.1 Å². The Labute approximate surface area is 146 Å². The van der Waals surface area contributed by atoms with E-state index in [1.807, 2.05) is 12.3 Å². The van der Waals surface area contributed by atoms with Crippen LogP contribution < -0.4 is 15.2 Å². The van der Waals surface area contributed by atoms with Gasteiger partial charge >= 0.3 is 0 Å². The number of methoxy groups -OCH3 is 1. The highest BCUT2D eigenvalue weighted by Crippen LogP contribution is 2.39. The molecule has 132 valence electrons. The van der Waals surface area contributed by atoms with Crippen LogP contribution in [-0.4, -0.2) is 26.4 Å². The highest BCUT2D eigenvalue weighted by molar-refractivity contribution is 7.89. The molecule has 0 bridgehead atoms. The van der Waals surface area contributed by atoms with Gasteiger partial charge in [-0.2, -0.15) is 0 Å². The molecule has 7 nitrogen and oxygen atoms in total. The second-order valence-electron chi connectivity index (χ2n) is 5.95. The maximum atomic E-state index is 12.5. The molecule has 1 amide bonds. The van der Waals surface area contributed by atoms with E-state index in [-0.39, 0.29) is 22.8 Å². The number of amides is 1. The average Bonchev–Trinajstić information content (AvgIpc) is 3.45. The summed E-state index contributed by atoms with van der Waals surface area (Å²) in [5, 5.41) is 0. The van der Waals surface area contributed by atoms with Crippen LogP contribution in [0.1, 0.15) is 40.2 Å². The Kier molecular flexibility index (Phi) is 4.73. The summed E-state index contributed by atoms with van der Waals surface area (Å²) < 4.78 is 32.5. The van der Waals surface area contributed by atoms with Crippen LogP contribution in [0.3, 0.4) is 0 Å². The number of pyridine rings is 1. The van der Waals surface area contributed by atoms with Gasteiger partial charge in [0.05, 0.1) is 17.6 Å². The van der Waals surface area contributed by atoms with Gasteiger partial charge < -0.3 is 10.5 Å². The molecule has 0 saturated heterocycles. The highest BCUT2D eigenvalue weighted by atomic mass is 32.2. The average molecular weight is 361 g/mol. The summed E-state index contributed by atoms with van der Waals surface area (Å²) in [5.41, 5.74) is 7.22. The van der Waals surface area contributed by atoms with Gasteiger partial charge in [0, 0.05) is 18.9 Å². The molecule has 0 atom stereocenters. The summed E-state index contributed by atoms with van der Waals surface area (Å²) in [6.07, 6.45) is 5.76. The minimum absolute atomic E-state index is 0.0165. The molecule has 2 aromatic rings. The number of sulfonamides is 1. The summed E-state index contributed by atoms with van der Waals surface area (Å²) in [7, 11) is -2.42. The summed E-state index contributed by atoms with van der Waals surface area (Å²) in [6, 6.07) is 5.95. The van der Waals surface area contributed by atoms with E-state index in [1.54, 1.807) is 6.20 Å². The lowest BCUT2D eigenvalue weighted by atomic mass is 10.1. The Morgan fingerprint density at radius 3 is 2.72 bits per heavy atom. The first-order valence-electron chi connectivity index (χ1n) is 7.82. The molecule has 1 aliphatic rings. The predicted octanol–water partition coefficient (Wildman–Crippen LogP) is 1.54. The molecule has 8 heteroatoms. The summed E-state index contributed by atoms with van der Waals surface area (Å²) in [4.78, 5) is 15.6. The lowest BCUT2D eigenvalue weighted by Gasteiger charge is -2.10. The second-order valence-corrected chi connectivity index (χ2v) is 7.72. The zero-order valence-corrected chi connectivity index (χ0v) is 14.5. The molecule has 1 fully saturated rings. The third-order valence-electron chi connectivity index (χ3n) is 4.08. The number of ether oxygens (including phenoxy) is 1. The molecule has 1 saturated carbocycles. The molecule has 3 rings (SSSR count). The molecule has 3 N–H and O–H groups in total. The van der Waals surface area contributed by atoms with Gasteiger partial charge in [0.25, 0.3) is 5.91 Å². The first kappa shape index (κ1) is 17.4. The Bertz CT molecular complexity index is 908. The molecule has 0 spiro atoms. The van der Waals surface area contributed by atoms with Crippen LogP contribution in [0.15, 0.2) is 41.6 Å². The fourth-order valence-corrected chi connectivity index (χ4v) is 3.60. The van der Waals surface area contributed by atoms with Gasteiger partial charge in [0.2, 0.25) is 10.0 Å². The van der Waals surface area contributed by atoms with Crippen LogP contribution in [0, 0.1) is 0 Å². The fourth-order valence-electron chi connectivity index (χ4n) is 2.55. The monoisotopic (exact) mass is 361 g/mol. The SMILES string of the molecule is COc1ccc(S(=O)(=O)NCc2cncc(C3CC3)c2)cc1C(N)=O. The lowest BCUT2D eigenvalue weighted by Crippen LogP contribution is -2.24. The van der Waals surface area contributed by atoms with Crippen molar-refractivity contribution in [2.45, 2.75) is 30.2 Å². The van der Waals surface area contributed by atoms with Crippen LogP contribution in [0.2, 0.25) is 0 Å². The molecule has 25 heavy (non-hydrogen) atoms. The van der Waals surface area contributed by atoms with Crippen LogP contribution in [-0.2, 0) is 16.6 Å². The predicted molar refractivity (Wildman–Crippen MR) is 91.7 cm³/mol. The van der Waals surface area contributed by atoms with E-state index >= 15 is 0 Å². The number of primary amides is 1. The van der Waals surface area contributed by atoms with Crippen molar-refractivity contribution < 1.29 is 17.9 Å². The molecule has 1 aliphatic carbocycles. The smallest absolute Gasteiger partial charge is 0.252 e. The Morgan fingerprint density at radius 1 is 1.32 bits per heavy atom. The van der Waals surface area contributed by atoms with Gasteiger partial charge in [-0.15, -0.1) is 0 Å². The first-order chi connectivity index (χ1) is 11.9. The standard InChI is InChI=1S/C17H19N3O4S/c1-24-16-5-4-14(7-15(16)17(18)21)25(22,23)20-9-11-6-13(10-19-8-11)12-2-3-12/h4-8,10,12,20H,2-3,9H2,1H3,(H2,18,21).